The molecule has 0 aliphatic rings. The molecule has 0 aliphatic heterocycles. The summed E-state index contributed by atoms with van der Waals surface area (Å²) in [5.41, 5.74) is 2.78. The molecule has 2 aromatic carbocycles. The predicted octanol–water partition coefficient (Wildman–Crippen LogP) is 3.65. The monoisotopic (exact) mass is 326 g/mol. The van der Waals surface area contributed by atoms with Crippen molar-refractivity contribution >= 4 is 16.8 Å². The molecule has 0 spiro atoms. The lowest BCUT2D eigenvalue weighted by Crippen LogP contribution is -2.31. The van der Waals surface area contributed by atoms with Gasteiger partial charge in [0.05, 0.1) is 6.54 Å². The Morgan fingerprint density at radius 1 is 1.21 bits per heavy atom. The number of aromatic nitrogens is 1. The largest absolute Gasteiger partial charge is 0.484 e. The number of hydrogen-bond donors (Lipinski definition) is 1. The normalized spacial score (nSPS) is 10.8. The molecular formula is C19H19FN2O2. The maximum absolute atomic E-state index is 13.2. The Balaban J connectivity index is 1.60. The summed E-state index contributed by atoms with van der Waals surface area (Å²) < 4.78 is 18.8. The molecule has 24 heavy (non-hydrogen) atoms. The number of hydrogen-bond acceptors (Lipinski definition) is 2. The highest BCUT2D eigenvalue weighted by molar-refractivity contribution is 5.81. The molecule has 0 radical (unpaired) electrons. The van der Waals surface area contributed by atoms with Crippen LogP contribution in [0.3, 0.4) is 0 Å². The molecule has 4 nitrogen and oxygen atoms in total. The highest BCUT2D eigenvalue weighted by Crippen LogP contribution is 2.18. The molecule has 3 aromatic rings. The van der Waals surface area contributed by atoms with E-state index in [1.807, 2.05) is 37.3 Å². The van der Waals surface area contributed by atoms with Gasteiger partial charge < -0.3 is 14.6 Å². The number of benzene rings is 2. The van der Waals surface area contributed by atoms with Crippen LogP contribution in [-0.2, 0) is 11.3 Å². The number of likely N-dealkylation sites (N-methyl/N-ethyl adjacent to an activating group) is 1. The molecule has 1 N–H and O–H groups in total. The van der Waals surface area contributed by atoms with Crippen LogP contribution >= 0.6 is 0 Å². The average molecular weight is 326 g/mol. The summed E-state index contributed by atoms with van der Waals surface area (Å²) in [7, 11) is 1.72. The second kappa shape index (κ2) is 6.74. The van der Waals surface area contributed by atoms with E-state index in [-0.39, 0.29) is 18.3 Å². The third-order valence-corrected chi connectivity index (χ3v) is 3.82. The van der Waals surface area contributed by atoms with Crippen molar-refractivity contribution in [3.8, 4) is 5.75 Å². The molecule has 1 heterocycles. The molecule has 1 aromatic heterocycles. The van der Waals surface area contributed by atoms with Gasteiger partial charge in [0.25, 0.3) is 5.91 Å². The van der Waals surface area contributed by atoms with Gasteiger partial charge in [-0.1, -0.05) is 12.1 Å². The second-order valence-electron chi connectivity index (χ2n) is 5.88. The fraction of sp³-hybridized carbons (Fsp3) is 0.211. The molecule has 5 heteroatoms. The summed E-state index contributed by atoms with van der Waals surface area (Å²) in [4.78, 5) is 17.0. The van der Waals surface area contributed by atoms with Gasteiger partial charge >= 0.3 is 0 Å². The van der Waals surface area contributed by atoms with Crippen LogP contribution in [0.25, 0.3) is 10.9 Å². The van der Waals surface area contributed by atoms with E-state index in [1.165, 1.54) is 12.1 Å². The number of fused-ring (bicyclic) bond motifs is 1. The van der Waals surface area contributed by atoms with Crippen molar-refractivity contribution in [3.63, 3.8) is 0 Å². The number of aryl methyl sites for hydroxylation is 1. The van der Waals surface area contributed by atoms with Crippen LogP contribution in [-0.4, -0.2) is 29.4 Å². The maximum atomic E-state index is 13.2. The Morgan fingerprint density at radius 2 is 2.04 bits per heavy atom. The molecule has 124 valence electrons. The number of carbonyl (C=O) groups is 1. The maximum Gasteiger partial charge on any atom is 0.260 e. The fourth-order valence-electron chi connectivity index (χ4n) is 2.55. The Kier molecular flexibility index (Phi) is 4.51. The smallest absolute Gasteiger partial charge is 0.260 e. The van der Waals surface area contributed by atoms with Crippen LogP contribution < -0.4 is 4.74 Å². The number of ether oxygens (including phenoxy) is 1. The number of nitrogens with one attached hydrogen (secondary N) is 1. The van der Waals surface area contributed by atoms with E-state index >= 15 is 0 Å². The molecule has 0 bridgehead atoms. The first-order valence-electron chi connectivity index (χ1n) is 7.72. The lowest BCUT2D eigenvalue weighted by atomic mass is 10.2. The number of rotatable bonds is 5. The summed E-state index contributed by atoms with van der Waals surface area (Å²) in [6, 6.07) is 14.0. The summed E-state index contributed by atoms with van der Waals surface area (Å²) in [6.07, 6.45) is 0. The van der Waals surface area contributed by atoms with Crippen LogP contribution in [0, 0.1) is 12.7 Å². The highest BCUT2D eigenvalue weighted by Gasteiger charge is 2.12. The number of aromatic amines is 1. The molecule has 0 saturated carbocycles. The summed E-state index contributed by atoms with van der Waals surface area (Å²) in [5, 5.41) is 0.793. The zero-order valence-electron chi connectivity index (χ0n) is 13.7. The van der Waals surface area contributed by atoms with Crippen LogP contribution in [0.15, 0.2) is 48.5 Å². The minimum atomic E-state index is -0.274. The fourth-order valence-corrected chi connectivity index (χ4v) is 2.55. The van der Waals surface area contributed by atoms with E-state index in [0.717, 1.165) is 22.2 Å². The Bertz CT molecular complexity index is 873. The van der Waals surface area contributed by atoms with Gasteiger partial charge in [0.15, 0.2) is 6.61 Å². The van der Waals surface area contributed by atoms with Crippen molar-refractivity contribution < 1.29 is 13.9 Å². The molecule has 0 saturated heterocycles. The van der Waals surface area contributed by atoms with Gasteiger partial charge in [-0.25, -0.2) is 4.39 Å². The predicted molar refractivity (Wildman–Crippen MR) is 91.4 cm³/mol. The van der Waals surface area contributed by atoms with Crippen LogP contribution in [0.4, 0.5) is 4.39 Å². The van der Waals surface area contributed by atoms with Crippen LogP contribution in [0.1, 0.15) is 11.3 Å². The number of nitrogens with zero attached hydrogens (tertiary/aromatic N) is 1. The zero-order valence-corrected chi connectivity index (χ0v) is 13.7. The van der Waals surface area contributed by atoms with Crippen molar-refractivity contribution in [2.45, 2.75) is 13.5 Å². The average Bonchev–Trinajstić information content (AvgIpc) is 2.93. The number of carbonyl (C=O) groups excluding carboxylic acids is 1. The zero-order chi connectivity index (χ0) is 17.1. The topological polar surface area (TPSA) is 45.3 Å². The molecule has 0 unspecified atom stereocenters. The van der Waals surface area contributed by atoms with Crippen LogP contribution in [0.5, 0.6) is 5.75 Å². The van der Waals surface area contributed by atoms with Gasteiger partial charge in [-0.2, -0.15) is 0 Å². The van der Waals surface area contributed by atoms with E-state index < -0.39 is 0 Å². The minimum Gasteiger partial charge on any atom is -0.484 e. The molecule has 1 amide bonds. The van der Waals surface area contributed by atoms with Gasteiger partial charge in [0.2, 0.25) is 0 Å². The van der Waals surface area contributed by atoms with E-state index in [2.05, 4.69) is 4.98 Å². The first-order chi connectivity index (χ1) is 11.5. The summed E-state index contributed by atoms with van der Waals surface area (Å²) in [5.74, 6) is 0.281. The van der Waals surface area contributed by atoms with Crippen molar-refractivity contribution in [1.29, 1.82) is 0 Å². The Hall–Kier alpha value is -2.82. The lowest BCUT2D eigenvalue weighted by Gasteiger charge is -2.16. The molecule has 0 aliphatic carbocycles. The minimum absolute atomic E-state index is 0.0190. The highest BCUT2D eigenvalue weighted by atomic mass is 19.1. The van der Waals surface area contributed by atoms with E-state index in [4.69, 9.17) is 4.74 Å². The lowest BCUT2D eigenvalue weighted by molar-refractivity contribution is -0.132. The van der Waals surface area contributed by atoms with Gasteiger partial charge in [-0.15, -0.1) is 0 Å². The molecule has 3 rings (SSSR count). The number of halogens is 1. The van der Waals surface area contributed by atoms with E-state index in [0.29, 0.717) is 12.3 Å². The molecular weight excluding hydrogens is 307 g/mol. The second-order valence-corrected chi connectivity index (χ2v) is 5.88. The summed E-state index contributed by atoms with van der Waals surface area (Å²) >= 11 is 0. The van der Waals surface area contributed by atoms with Gasteiger partial charge in [-0.05, 0) is 48.9 Å². The van der Waals surface area contributed by atoms with Crippen LogP contribution in [0.2, 0.25) is 0 Å². The standard InChI is InChI=1S/C19H19FN2O2/c1-13-4-3-5-17(8-13)24-12-19(23)22(2)11-16-10-14-9-15(20)6-7-18(14)21-16/h3-10,21H,11-12H2,1-2H3. The molecule has 0 atom stereocenters. The Labute approximate surface area is 139 Å². The third kappa shape index (κ3) is 3.74. The summed E-state index contributed by atoms with van der Waals surface area (Å²) in [6.45, 7) is 2.36. The van der Waals surface area contributed by atoms with Gasteiger partial charge in [0, 0.05) is 23.6 Å². The van der Waals surface area contributed by atoms with Crippen molar-refractivity contribution in [2.24, 2.45) is 0 Å². The Morgan fingerprint density at radius 3 is 2.83 bits per heavy atom. The molecule has 0 fully saturated rings. The van der Waals surface area contributed by atoms with Gasteiger partial charge in [0.1, 0.15) is 11.6 Å². The van der Waals surface area contributed by atoms with E-state index in [9.17, 15) is 9.18 Å². The quantitative estimate of drug-likeness (QED) is 0.778. The van der Waals surface area contributed by atoms with Crippen molar-refractivity contribution in [2.75, 3.05) is 13.7 Å². The van der Waals surface area contributed by atoms with Crippen molar-refractivity contribution in [1.82, 2.24) is 9.88 Å². The third-order valence-electron chi connectivity index (χ3n) is 3.82. The van der Waals surface area contributed by atoms with Gasteiger partial charge in [-0.3, -0.25) is 4.79 Å². The number of H-pyrrole nitrogens is 1. The van der Waals surface area contributed by atoms with Crippen molar-refractivity contribution in [3.05, 3.63) is 65.6 Å². The first-order valence-corrected chi connectivity index (χ1v) is 7.72. The number of amides is 1. The van der Waals surface area contributed by atoms with E-state index in [1.54, 1.807) is 18.0 Å². The SMILES string of the molecule is Cc1cccc(OCC(=O)N(C)Cc2cc3cc(F)ccc3[nH]2)c1. The first kappa shape index (κ1) is 16.1.